The maximum Gasteiger partial charge on any atom is 0.410 e. The van der Waals surface area contributed by atoms with E-state index < -0.39 is 5.60 Å². The molecule has 0 aromatic rings. The van der Waals surface area contributed by atoms with Crippen LogP contribution in [0.4, 0.5) is 4.79 Å². The van der Waals surface area contributed by atoms with Crippen molar-refractivity contribution in [1.82, 2.24) is 4.90 Å². The molecule has 1 rings (SSSR count). The van der Waals surface area contributed by atoms with Crippen molar-refractivity contribution in [2.24, 2.45) is 0 Å². The number of carbonyl (C=O) groups excluding carboxylic acids is 1. The third-order valence-corrected chi connectivity index (χ3v) is 2.91. The zero-order valence-corrected chi connectivity index (χ0v) is 12.9. The fourth-order valence-electron chi connectivity index (χ4n) is 1.75. The van der Waals surface area contributed by atoms with E-state index in [0.29, 0.717) is 18.1 Å². The van der Waals surface area contributed by atoms with E-state index in [9.17, 15) is 4.79 Å². The Kier molecular flexibility index (Phi) is 5.24. The Hall–Kier alpha value is -1.22. The predicted octanol–water partition coefficient (Wildman–Crippen LogP) is 4.25. The second kappa shape index (κ2) is 6.29. The molecule has 106 valence electrons. The van der Waals surface area contributed by atoms with Crippen molar-refractivity contribution < 1.29 is 9.53 Å². The molecule has 0 fully saturated rings. The molecule has 0 saturated heterocycles. The number of rotatable bonds is 2. The van der Waals surface area contributed by atoms with E-state index in [-0.39, 0.29) is 6.09 Å². The molecule has 1 amide bonds. The average Bonchev–Trinajstić information content (AvgIpc) is 2.25. The number of allylic oxidation sites excluding steroid dienone is 2. The van der Waals surface area contributed by atoms with Gasteiger partial charge in [0.25, 0.3) is 0 Å². The minimum Gasteiger partial charge on any atom is -0.444 e. The van der Waals surface area contributed by atoms with Gasteiger partial charge in [-0.05, 0) is 45.8 Å². The van der Waals surface area contributed by atoms with Crippen LogP contribution in [0.25, 0.3) is 0 Å². The molecule has 0 aliphatic carbocycles. The minimum absolute atomic E-state index is 0.268. The second-order valence-electron chi connectivity index (χ2n) is 5.74. The smallest absolute Gasteiger partial charge is 0.410 e. The Bertz CT molecular complexity index is 430. The van der Waals surface area contributed by atoms with E-state index in [1.807, 2.05) is 26.8 Å². The van der Waals surface area contributed by atoms with Crippen LogP contribution in [0.3, 0.4) is 0 Å². The van der Waals surface area contributed by atoms with Crippen LogP contribution in [0.5, 0.6) is 0 Å². The summed E-state index contributed by atoms with van der Waals surface area (Å²) < 4.78 is 5.38. The van der Waals surface area contributed by atoms with Crippen molar-refractivity contribution in [2.45, 2.75) is 39.7 Å². The average molecular weight is 284 g/mol. The summed E-state index contributed by atoms with van der Waals surface area (Å²) >= 11 is 5.72. The largest absolute Gasteiger partial charge is 0.444 e. The molecule has 1 aliphatic rings. The molecule has 0 saturated carbocycles. The van der Waals surface area contributed by atoms with Crippen LogP contribution in [-0.2, 0) is 4.74 Å². The van der Waals surface area contributed by atoms with Gasteiger partial charge in [-0.1, -0.05) is 29.8 Å². The van der Waals surface area contributed by atoms with Gasteiger partial charge in [0.05, 0.1) is 0 Å². The monoisotopic (exact) mass is 283 g/mol. The van der Waals surface area contributed by atoms with Crippen molar-refractivity contribution in [3.8, 4) is 0 Å². The maximum absolute atomic E-state index is 12.0. The van der Waals surface area contributed by atoms with Crippen LogP contribution in [0, 0.1) is 0 Å². The molecule has 1 aliphatic heterocycles. The first-order valence-electron chi connectivity index (χ1n) is 6.38. The Labute approximate surface area is 120 Å². The molecule has 0 bridgehead atoms. The standard InChI is InChI=1S/C15H22ClNO2/c1-11-8-9-17(14(18)19-15(3,4)5)10-13(11)7-6-12(2)16/h6-7H,2,8-10H2,1,3-5H3/b7-6-. The number of ether oxygens (including phenoxy) is 1. The number of halogens is 1. The second-order valence-corrected chi connectivity index (χ2v) is 6.22. The quantitative estimate of drug-likeness (QED) is 0.709. The molecule has 19 heavy (non-hydrogen) atoms. The highest BCUT2D eigenvalue weighted by atomic mass is 35.5. The topological polar surface area (TPSA) is 29.5 Å². The third-order valence-electron chi connectivity index (χ3n) is 2.78. The van der Waals surface area contributed by atoms with Gasteiger partial charge >= 0.3 is 6.09 Å². The number of hydrogen-bond acceptors (Lipinski definition) is 2. The van der Waals surface area contributed by atoms with Gasteiger partial charge in [0.15, 0.2) is 0 Å². The fraction of sp³-hybridized carbons (Fsp3) is 0.533. The van der Waals surface area contributed by atoms with Crippen molar-refractivity contribution in [1.29, 1.82) is 0 Å². The number of nitrogens with zero attached hydrogens (tertiary/aromatic N) is 1. The lowest BCUT2D eigenvalue weighted by Crippen LogP contribution is -2.40. The van der Waals surface area contributed by atoms with E-state index >= 15 is 0 Å². The third kappa shape index (κ3) is 5.52. The Morgan fingerprint density at radius 3 is 2.63 bits per heavy atom. The summed E-state index contributed by atoms with van der Waals surface area (Å²) in [6.07, 6.45) is 4.25. The van der Waals surface area contributed by atoms with Crippen LogP contribution in [0.1, 0.15) is 34.1 Å². The lowest BCUT2D eigenvalue weighted by Gasteiger charge is -2.31. The van der Waals surface area contributed by atoms with E-state index in [4.69, 9.17) is 16.3 Å². The fourth-order valence-corrected chi connectivity index (χ4v) is 1.81. The molecule has 0 spiro atoms. The van der Waals surface area contributed by atoms with E-state index in [1.54, 1.807) is 11.0 Å². The van der Waals surface area contributed by atoms with Gasteiger partial charge in [0, 0.05) is 18.1 Å². The minimum atomic E-state index is -0.465. The summed E-state index contributed by atoms with van der Waals surface area (Å²) in [5, 5.41) is 0.481. The lowest BCUT2D eigenvalue weighted by molar-refractivity contribution is 0.0261. The predicted molar refractivity (Wildman–Crippen MR) is 79.3 cm³/mol. The van der Waals surface area contributed by atoms with Crippen LogP contribution < -0.4 is 0 Å². The summed E-state index contributed by atoms with van der Waals surface area (Å²) in [5.41, 5.74) is 1.90. The van der Waals surface area contributed by atoms with Crippen molar-refractivity contribution in [3.63, 3.8) is 0 Å². The zero-order chi connectivity index (χ0) is 14.6. The Balaban J connectivity index is 2.73. The number of amides is 1. The molecule has 1 heterocycles. The molecular weight excluding hydrogens is 262 g/mol. The summed E-state index contributed by atoms with van der Waals surface area (Å²) in [6, 6.07) is 0. The van der Waals surface area contributed by atoms with Crippen molar-refractivity contribution in [2.75, 3.05) is 13.1 Å². The first-order chi connectivity index (χ1) is 8.69. The van der Waals surface area contributed by atoms with Gasteiger partial charge in [-0.25, -0.2) is 4.79 Å². The first-order valence-corrected chi connectivity index (χ1v) is 6.76. The number of carbonyl (C=O) groups is 1. The van der Waals surface area contributed by atoms with Gasteiger partial charge in [-0.15, -0.1) is 0 Å². The highest BCUT2D eigenvalue weighted by Crippen LogP contribution is 2.21. The molecule has 0 aromatic heterocycles. The molecule has 0 atom stereocenters. The van der Waals surface area contributed by atoms with Crippen LogP contribution >= 0.6 is 11.6 Å². The molecule has 3 nitrogen and oxygen atoms in total. The molecule has 0 unspecified atom stereocenters. The Morgan fingerprint density at radius 2 is 2.11 bits per heavy atom. The van der Waals surface area contributed by atoms with Gasteiger partial charge in [-0.2, -0.15) is 0 Å². The van der Waals surface area contributed by atoms with E-state index in [1.165, 1.54) is 5.57 Å². The molecule has 0 radical (unpaired) electrons. The van der Waals surface area contributed by atoms with Crippen molar-refractivity contribution >= 4 is 17.7 Å². The summed E-state index contributed by atoms with van der Waals surface area (Å²) in [7, 11) is 0. The first kappa shape index (κ1) is 15.8. The summed E-state index contributed by atoms with van der Waals surface area (Å²) in [5.74, 6) is 0. The normalized spacial score (nSPS) is 17.0. The lowest BCUT2D eigenvalue weighted by atomic mass is 10.0. The Morgan fingerprint density at radius 1 is 1.47 bits per heavy atom. The molecule has 0 aromatic carbocycles. The van der Waals surface area contributed by atoms with Crippen LogP contribution in [0.2, 0.25) is 0 Å². The van der Waals surface area contributed by atoms with E-state index in [0.717, 1.165) is 12.0 Å². The van der Waals surface area contributed by atoms with Gasteiger partial charge in [-0.3, -0.25) is 0 Å². The zero-order valence-electron chi connectivity index (χ0n) is 12.1. The van der Waals surface area contributed by atoms with Crippen molar-refractivity contribution in [3.05, 3.63) is 34.9 Å². The summed E-state index contributed by atoms with van der Waals surface area (Å²) in [6.45, 7) is 12.5. The van der Waals surface area contributed by atoms with Gasteiger partial charge < -0.3 is 9.64 Å². The molecule has 0 N–H and O–H groups in total. The van der Waals surface area contributed by atoms with Gasteiger partial charge in [0.2, 0.25) is 0 Å². The molecular formula is C15H22ClNO2. The highest BCUT2D eigenvalue weighted by Gasteiger charge is 2.25. The molecule has 4 heteroatoms. The van der Waals surface area contributed by atoms with Gasteiger partial charge in [0.1, 0.15) is 5.60 Å². The highest BCUT2D eigenvalue weighted by molar-refractivity contribution is 6.30. The van der Waals surface area contributed by atoms with Crippen LogP contribution in [-0.4, -0.2) is 29.7 Å². The SMILES string of the molecule is C=C(Cl)/C=C\C1=C(C)CCN(C(=O)OC(C)(C)C)C1. The maximum atomic E-state index is 12.0. The van der Waals surface area contributed by atoms with E-state index in [2.05, 4.69) is 13.5 Å². The van der Waals surface area contributed by atoms with Crippen LogP contribution in [0.15, 0.2) is 34.9 Å². The number of hydrogen-bond donors (Lipinski definition) is 0. The summed E-state index contributed by atoms with van der Waals surface area (Å²) in [4.78, 5) is 13.7.